The minimum atomic E-state index is -0.628. The summed E-state index contributed by atoms with van der Waals surface area (Å²) in [7, 11) is 0. The third kappa shape index (κ3) is 3.45. The highest BCUT2D eigenvalue weighted by molar-refractivity contribution is 5.88. The summed E-state index contributed by atoms with van der Waals surface area (Å²) in [6, 6.07) is -1.25. The highest BCUT2D eigenvalue weighted by Crippen LogP contribution is 2.19. The van der Waals surface area contributed by atoms with Crippen molar-refractivity contribution in [2.24, 2.45) is 17.6 Å². The third-order valence-corrected chi connectivity index (χ3v) is 3.30. The van der Waals surface area contributed by atoms with Gasteiger partial charge >= 0.3 is 5.97 Å². The molecule has 6 nitrogen and oxygen atoms in total. The van der Waals surface area contributed by atoms with Gasteiger partial charge in [-0.25, -0.2) is 4.79 Å². The number of hydrogen-bond donors (Lipinski definition) is 2. The smallest absolute Gasteiger partial charge is 0.332 e. The Hall–Kier alpha value is -1.14. The molecule has 110 valence electrons. The Morgan fingerprint density at radius 3 is 2.42 bits per heavy atom. The molecule has 1 saturated heterocycles. The van der Waals surface area contributed by atoms with Gasteiger partial charge in [-0.15, -0.1) is 0 Å². The second kappa shape index (κ2) is 6.34. The van der Waals surface area contributed by atoms with Crippen molar-refractivity contribution >= 4 is 11.9 Å². The fourth-order valence-electron chi connectivity index (χ4n) is 1.97. The summed E-state index contributed by atoms with van der Waals surface area (Å²) < 4.78 is 5.25. The fourth-order valence-corrected chi connectivity index (χ4v) is 1.97. The second-order valence-corrected chi connectivity index (χ2v) is 5.63. The Balaban J connectivity index is 2.96. The zero-order chi connectivity index (χ0) is 14.7. The molecule has 0 aliphatic carbocycles. The van der Waals surface area contributed by atoms with Gasteiger partial charge in [-0.05, 0) is 18.3 Å². The molecular formula is C13H25N3O3. The lowest BCUT2D eigenvalue weighted by atomic mass is 9.99. The van der Waals surface area contributed by atoms with Crippen molar-refractivity contribution in [1.82, 2.24) is 10.4 Å². The van der Waals surface area contributed by atoms with E-state index in [-0.39, 0.29) is 23.7 Å². The number of nitrogens with two attached hydrogens (primary N) is 1. The second-order valence-electron chi connectivity index (χ2n) is 5.63. The van der Waals surface area contributed by atoms with Crippen LogP contribution in [0.2, 0.25) is 0 Å². The van der Waals surface area contributed by atoms with E-state index in [1.54, 1.807) is 0 Å². The number of carbonyl (C=O) groups is 2. The van der Waals surface area contributed by atoms with Gasteiger partial charge in [-0.1, -0.05) is 34.6 Å². The summed E-state index contributed by atoms with van der Waals surface area (Å²) in [6.45, 7) is 9.40. The maximum absolute atomic E-state index is 12.4. The number of cyclic esters (lactones) is 1. The normalized spacial score (nSPS) is 25.7. The van der Waals surface area contributed by atoms with Crippen molar-refractivity contribution < 1.29 is 14.3 Å². The Morgan fingerprint density at radius 2 is 2.00 bits per heavy atom. The van der Waals surface area contributed by atoms with Crippen LogP contribution in [-0.2, 0) is 14.3 Å². The molecular weight excluding hydrogens is 246 g/mol. The summed E-state index contributed by atoms with van der Waals surface area (Å²) in [5.41, 5.74) is 8.86. The number of nitrogens with zero attached hydrogens (tertiary/aromatic N) is 1. The summed E-state index contributed by atoms with van der Waals surface area (Å²) in [6.07, 6.45) is 0.128. The van der Waals surface area contributed by atoms with Crippen LogP contribution in [0, 0.1) is 11.8 Å². The number of carbonyl (C=O) groups excluding carboxylic acids is 2. The number of amides is 1. The molecule has 3 atom stereocenters. The van der Waals surface area contributed by atoms with Crippen LogP contribution in [0.4, 0.5) is 0 Å². The van der Waals surface area contributed by atoms with Gasteiger partial charge in [0.15, 0.2) is 6.23 Å². The van der Waals surface area contributed by atoms with Crippen LogP contribution in [0.25, 0.3) is 0 Å². The summed E-state index contributed by atoms with van der Waals surface area (Å²) in [5.74, 6) is -0.657. The molecule has 1 unspecified atom stereocenters. The molecule has 19 heavy (non-hydrogen) atoms. The van der Waals surface area contributed by atoms with Crippen molar-refractivity contribution in [1.29, 1.82) is 0 Å². The van der Waals surface area contributed by atoms with E-state index >= 15 is 0 Å². The average Bonchev–Trinajstić information content (AvgIpc) is 2.35. The van der Waals surface area contributed by atoms with Crippen LogP contribution in [0.5, 0.6) is 0 Å². The first-order valence-corrected chi connectivity index (χ1v) is 6.84. The maximum Gasteiger partial charge on any atom is 0.332 e. The van der Waals surface area contributed by atoms with Gasteiger partial charge in [0.1, 0.15) is 6.04 Å². The third-order valence-electron chi connectivity index (χ3n) is 3.30. The molecule has 0 radical (unpaired) electrons. The van der Waals surface area contributed by atoms with Crippen LogP contribution in [0.1, 0.15) is 41.0 Å². The van der Waals surface area contributed by atoms with Gasteiger partial charge in [0.25, 0.3) is 5.91 Å². The first-order valence-electron chi connectivity index (χ1n) is 6.84. The van der Waals surface area contributed by atoms with E-state index in [0.717, 1.165) is 0 Å². The van der Waals surface area contributed by atoms with Gasteiger partial charge in [-0.2, -0.15) is 5.43 Å². The van der Waals surface area contributed by atoms with Crippen molar-refractivity contribution in [3.8, 4) is 0 Å². The van der Waals surface area contributed by atoms with E-state index in [1.807, 2.05) is 34.6 Å². The van der Waals surface area contributed by atoms with Gasteiger partial charge in [0, 0.05) is 0 Å². The predicted octanol–water partition coefficient (Wildman–Crippen LogP) is 0.620. The maximum atomic E-state index is 12.4. The number of hydrogen-bond acceptors (Lipinski definition) is 5. The first-order chi connectivity index (χ1) is 8.79. The molecule has 1 fully saturated rings. The van der Waals surface area contributed by atoms with E-state index < -0.39 is 18.3 Å². The molecule has 1 amide bonds. The number of ether oxygens (including phenoxy) is 1. The molecule has 1 aliphatic rings. The van der Waals surface area contributed by atoms with Crippen LogP contribution in [0.3, 0.4) is 0 Å². The fraction of sp³-hybridized carbons (Fsp3) is 0.846. The SMILES string of the molecule is CCC1NN(C(=O)[C@@H](N)C(C)C)[C@@H](C(C)C)C(=O)O1. The van der Waals surface area contributed by atoms with E-state index in [1.165, 1.54) is 5.01 Å². The number of nitrogens with one attached hydrogen (secondary N) is 1. The Bertz CT molecular complexity index is 344. The number of hydrazine groups is 1. The Morgan fingerprint density at radius 1 is 1.42 bits per heavy atom. The van der Waals surface area contributed by atoms with Crippen LogP contribution >= 0.6 is 0 Å². The highest BCUT2D eigenvalue weighted by Gasteiger charge is 2.42. The van der Waals surface area contributed by atoms with E-state index in [4.69, 9.17) is 10.5 Å². The lowest BCUT2D eigenvalue weighted by Crippen LogP contribution is -2.66. The van der Waals surface area contributed by atoms with Gasteiger partial charge in [0.2, 0.25) is 0 Å². The minimum Gasteiger partial charge on any atom is -0.443 e. The standard InChI is InChI=1S/C13H25N3O3/c1-6-9-15-16(12(17)10(14)7(2)3)11(8(4)5)13(18)19-9/h7-11,15H,6,14H2,1-5H3/t9?,10-,11-/m0/s1. The van der Waals surface area contributed by atoms with Crippen molar-refractivity contribution in [2.75, 3.05) is 0 Å². The van der Waals surface area contributed by atoms with Crippen molar-refractivity contribution in [3.63, 3.8) is 0 Å². The summed E-state index contributed by atoms with van der Waals surface area (Å²) in [5, 5.41) is 1.37. The van der Waals surface area contributed by atoms with E-state index in [2.05, 4.69) is 5.43 Å². The number of rotatable bonds is 4. The molecule has 6 heteroatoms. The molecule has 1 rings (SSSR count). The highest BCUT2D eigenvalue weighted by atomic mass is 16.6. The molecule has 1 aliphatic heterocycles. The molecule has 1 heterocycles. The molecule has 0 aromatic rings. The van der Waals surface area contributed by atoms with Crippen LogP contribution < -0.4 is 11.2 Å². The van der Waals surface area contributed by atoms with Gasteiger partial charge < -0.3 is 10.5 Å². The summed E-state index contributed by atoms with van der Waals surface area (Å²) in [4.78, 5) is 24.4. The molecule has 0 bridgehead atoms. The lowest BCUT2D eigenvalue weighted by Gasteiger charge is -2.41. The molecule has 0 saturated carbocycles. The minimum absolute atomic E-state index is 0.0140. The zero-order valence-electron chi connectivity index (χ0n) is 12.3. The van der Waals surface area contributed by atoms with E-state index in [9.17, 15) is 9.59 Å². The Labute approximate surface area is 114 Å². The van der Waals surface area contributed by atoms with Gasteiger partial charge in [-0.3, -0.25) is 9.80 Å². The molecule has 0 spiro atoms. The van der Waals surface area contributed by atoms with Crippen molar-refractivity contribution in [2.45, 2.75) is 59.4 Å². The monoisotopic (exact) mass is 271 g/mol. The number of esters is 1. The average molecular weight is 271 g/mol. The molecule has 0 aromatic carbocycles. The predicted molar refractivity (Wildman–Crippen MR) is 71.6 cm³/mol. The molecule has 3 N–H and O–H groups in total. The topological polar surface area (TPSA) is 84.7 Å². The largest absolute Gasteiger partial charge is 0.443 e. The lowest BCUT2D eigenvalue weighted by molar-refractivity contribution is -0.187. The van der Waals surface area contributed by atoms with Crippen LogP contribution in [-0.4, -0.2) is 35.2 Å². The van der Waals surface area contributed by atoms with Crippen LogP contribution in [0.15, 0.2) is 0 Å². The summed E-state index contributed by atoms with van der Waals surface area (Å²) >= 11 is 0. The first kappa shape index (κ1) is 15.9. The van der Waals surface area contributed by atoms with Crippen molar-refractivity contribution in [3.05, 3.63) is 0 Å². The Kier molecular flexibility index (Phi) is 5.31. The molecule has 0 aromatic heterocycles. The quantitative estimate of drug-likeness (QED) is 0.732. The van der Waals surface area contributed by atoms with E-state index in [0.29, 0.717) is 6.42 Å². The van der Waals surface area contributed by atoms with Gasteiger partial charge in [0.05, 0.1) is 6.04 Å². The zero-order valence-corrected chi connectivity index (χ0v) is 12.3.